The number of halogens is 2. The first kappa shape index (κ1) is 16.1. The van der Waals surface area contributed by atoms with Gasteiger partial charge < -0.3 is 4.98 Å². The fraction of sp³-hybridized carbons (Fsp3) is 0.211. The zero-order chi connectivity index (χ0) is 16.7. The molecule has 0 aliphatic heterocycles. The van der Waals surface area contributed by atoms with Crippen molar-refractivity contribution in [1.29, 1.82) is 0 Å². The molecule has 0 aliphatic rings. The number of aryl methyl sites for hydroxylation is 1. The molecule has 0 unspecified atom stereocenters. The third kappa shape index (κ3) is 2.66. The van der Waals surface area contributed by atoms with Gasteiger partial charge in [0.1, 0.15) is 0 Å². The van der Waals surface area contributed by atoms with Gasteiger partial charge in [0.25, 0.3) is 0 Å². The molecule has 0 atom stereocenters. The Hall–Kier alpha value is -1.77. The van der Waals surface area contributed by atoms with Crippen LogP contribution in [0.1, 0.15) is 46.9 Å². The zero-order valence-electron chi connectivity index (χ0n) is 13.2. The summed E-state index contributed by atoms with van der Waals surface area (Å²) in [5.41, 5.74) is 4.14. The quantitative estimate of drug-likeness (QED) is 0.568. The number of aromatic amines is 1. The van der Waals surface area contributed by atoms with E-state index in [1.54, 1.807) is 18.2 Å². The van der Waals surface area contributed by atoms with Crippen LogP contribution in [0.4, 0.5) is 0 Å². The highest BCUT2D eigenvalue weighted by molar-refractivity contribution is 6.44. The van der Waals surface area contributed by atoms with Crippen molar-refractivity contribution in [1.82, 2.24) is 4.98 Å². The number of rotatable bonds is 3. The number of fused-ring (bicyclic) bond motifs is 1. The van der Waals surface area contributed by atoms with Crippen LogP contribution >= 0.6 is 23.2 Å². The molecule has 118 valence electrons. The molecule has 1 N–H and O–H groups in total. The van der Waals surface area contributed by atoms with Crippen molar-refractivity contribution in [2.75, 3.05) is 0 Å². The van der Waals surface area contributed by atoms with Gasteiger partial charge in [-0.3, -0.25) is 4.79 Å². The average Bonchev–Trinajstić information content (AvgIpc) is 2.84. The van der Waals surface area contributed by atoms with Crippen molar-refractivity contribution in [2.24, 2.45) is 0 Å². The molecule has 0 radical (unpaired) electrons. The highest BCUT2D eigenvalue weighted by atomic mass is 35.5. The van der Waals surface area contributed by atoms with Crippen LogP contribution in [-0.4, -0.2) is 10.8 Å². The normalized spacial score (nSPS) is 11.4. The minimum absolute atomic E-state index is 0.109. The summed E-state index contributed by atoms with van der Waals surface area (Å²) in [6.45, 7) is 6.19. The Morgan fingerprint density at radius 3 is 2.48 bits per heavy atom. The standard InChI is InChI=1S/C19H17Cl2NO/c1-10(2)12-6-4-7-13-16(11(3)22-18(12)13)19(23)14-8-5-9-15(20)17(14)21/h4-10,22H,1-3H3. The van der Waals surface area contributed by atoms with Gasteiger partial charge in [-0.15, -0.1) is 0 Å². The fourth-order valence-corrected chi connectivity index (χ4v) is 3.34. The van der Waals surface area contributed by atoms with Gasteiger partial charge in [0.15, 0.2) is 5.78 Å². The second-order valence-electron chi connectivity index (χ2n) is 5.98. The number of hydrogen-bond donors (Lipinski definition) is 1. The molecule has 0 bridgehead atoms. The summed E-state index contributed by atoms with van der Waals surface area (Å²) in [6, 6.07) is 11.2. The Labute approximate surface area is 145 Å². The number of aromatic nitrogens is 1. The fourth-order valence-electron chi connectivity index (χ4n) is 2.96. The Bertz CT molecular complexity index is 909. The van der Waals surface area contributed by atoms with Crippen molar-refractivity contribution < 1.29 is 4.79 Å². The van der Waals surface area contributed by atoms with Crippen molar-refractivity contribution in [3.05, 3.63) is 68.8 Å². The van der Waals surface area contributed by atoms with E-state index in [1.807, 2.05) is 19.1 Å². The molecule has 0 fully saturated rings. The highest BCUT2D eigenvalue weighted by Gasteiger charge is 2.22. The lowest BCUT2D eigenvalue weighted by molar-refractivity contribution is 0.104. The summed E-state index contributed by atoms with van der Waals surface area (Å²) >= 11 is 12.3. The predicted octanol–water partition coefficient (Wildman–Crippen LogP) is 6.14. The van der Waals surface area contributed by atoms with Crippen molar-refractivity contribution >= 4 is 39.9 Å². The van der Waals surface area contributed by atoms with Crippen LogP contribution in [-0.2, 0) is 0 Å². The number of H-pyrrole nitrogens is 1. The maximum absolute atomic E-state index is 13.0. The molecule has 0 saturated carbocycles. The molecule has 3 aromatic rings. The molecule has 2 nitrogen and oxygen atoms in total. The van der Waals surface area contributed by atoms with E-state index in [0.717, 1.165) is 16.6 Å². The third-order valence-corrected chi connectivity index (χ3v) is 4.92. The van der Waals surface area contributed by atoms with Crippen molar-refractivity contribution in [2.45, 2.75) is 26.7 Å². The lowest BCUT2D eigenvalue weighted by Gasteiger charge is -2.08. The van der Waals surface area contributed by atoms with Gasteiger partial charge in [0.2, 0.25) is 0 Å². The summed E-state index contributed by atoms with van der Waals surface area (Å²) in [4.78, 5) is 16.4. The maximum Gasteiger partial charge on any atom is 0.196 e. The van der Waals surface area contributed by atoms with Gasteiger partial charge in [-0.25, -0.2) is 0 Å². The van der Waals surface area contributed by atoms with E-state index in [0.29, 0.717) is 27.1 Å². The molecule has 23 heavy (non-hydrogen) atoms. The molecule has 0 amide bonds. The second kappa shape index (κ2) is 6.03. The Morgan fingerprint density at radius 2 is 1.78 bits per heavy atom. The molecule has 0 spiro atoms. The van der Waals surface area contributed by atoms with E-state index in [9.17, 15) is 4.79 Å². The van der Waals surface area contributed by atoms with E-state index in [4.69, 9.17) is 23.2 Å². The average molecular weight is 346 g/mol. The van der Waals surface area contributed by atoms with Crippen LogP contribution in [0.2, 0.25) is 10.0 Å². The monoisotopic (exact) mass is 345 g/mol. The molecule has 2 aromatic carbocycles. The van der Waals surface area contributed by atoms with Crippen LogP contribution in [0.15, 0.2) is 36.4 Å². The number of ketones is 1. The van der Waals surface area contributed by atoms with Crippen molar-refractivity contribution in [3.63, 3.8) is 0 Å². The summed E-state index contributed by atoms with van der Waals surface area (Å²) in [5, 5.41) is 1.61. The van der Waals surface area contributed by atoms with Crippen LogP contribution in [0.3, 0.4) is 0 Å². The molecular weight excluding hydrogens is 329 g/mol. The maximum atomic E-state index is 13.0. The minimum Gasteiger partial charge on any atom is -0.358 e. The minimum atomic E-state index is -0.109. The number of carbonyl (C=O) groups excluding carboxylic acids is 1. The lowest BCUT2D eigenvalue weighted by Crippen LogP contribution is -2.03. The molecular formula is C19H17Cl2NO. The summed E-state index contributed by atoms with van der Waals surface area (Å²) < 4.78 is 0. The van der Waals surface area contributed by atoms with Crippen LogP contribution < -0.4 is 0 Å². The highest BCUT2D eigenvalue weighted by Crippen LogP contribution is 2.33. The van der Waals surface area contributed by atoms with E-state index in [-0.39, 0.29) is 5.78 Å². The molecule has 0 aliphatic carbocycles. The smallest absolute Gasteiger partial charge is 0.196 e. The largest absolute Gasteiger partial charge is 0.358 e. The Morgan fingerprint density at radius 1 is 1.09 bits per heavy atom. The van der Waals surface area contributed by atoms with Crippen LogP contribution in [0.5, 0.6) is 0 Å². The van der Waals surface area contributed by atoms with Gasteiger partial charge in [-0.05, 0) is 30.5 Å². The molecule has 3 rings (SSSR count). The Balaban J connectivity index is 2.24. The molecule has 1 heterocycles. The first-order chi connectivity index (χ1) is 10.9. The number of nitrogens with one attached hydrogen (secondary N) is 1. The third-order valence-electron chi connectivity index (χ3n) is 4.10. The van der Waals surface area contributed by atoms with E-state index < -0.39 is 0 Å². The van der Waals surface area contributed by atoms with E-state index >= 15 is 0 Å². The topological polar surface area (TPSA) is 32.9 Å². The number of carbonyl (C=O) groups is 1. The van der Waals surface area contributed by atoms with Gasteiger partial charge in [0, 0.05) is 22.2 Å². The summed E-state index contributed by atoms with van der Waals surface area (Å²) in [5.74, 6) is 0.261. The first-order valence-electron chi connectivity index (χ1n) is 7.51. The number of para-hydroxylation sites is 1. The van der Waals surface area contributed by atoms with Gasteiger partial charge in [-0.2, -0.15) is 0 Å². The molecule has 0 saturated heterocycles. The predicted molar refractivity (Wildman–Crippen MR) is 97.0 cm³/mol. The number of hydrogen-bond acceptors (Lipinski definition) is 1. The van der Waals surface area contributed by atoms with E-state index in [1.165, 1.54) is 5.56 Å². The van der Waals surface area contributed by atoms with Gasteiger partial charge in [0.05, 0.1) is 15.6 Å². The first-order valence-corrected chi connectivity index (χ1v) is 8.27. The zero-order valence-corrected chi connectivity index (χ0v) is 14.7. The van der Waals surface area contributed by atoms with Gasteiger partial charge in [-0.1, -0.05) is 61.3 Å². The van der Waals surface area contributed by atoms with E-state index in [2.05, 4.69) is 24.9 Å². The van der Waals surface area contributed by atoms with Gasteiger partial charge >= 0.3 is 0 Å². The SMILES string of the molecule is Cc1[nH]c2c(C(C)C)cccc2c1C(=O)c1cccc(Cl)c1Cl. The lowest BCUT2D eigenvalue weighted by atomic mass is 9.96. The summed E-state index contributed by atoms with van der Waals surface area (Å²) in [6.07, 6.45) is 0. The molecule has 4 heteroatoms. The second-order valence-corrected chi connectivity index (χ2v) is 6.77. The van der Waals surface area contributed by atoms with Crippen LogP contribution in [0, 0.1) is 6.92 Å². The number of benzene rings is 2. The summed E-state index contributed by atoms with van der Waals surface area (Å²) in [7, 11) is 0. The van der Waals surface area contributed by atoms with Crippen LogP contribution in [0.25, 0.3) is 10.9 Å². The molecule has 1 aromatic heterocycles. The van der Waals surface area contributed by atoms with Crippen molar-refractivity contribution in [3.8, 4) is 0 Å². The Kier molecular flexibility index (Phi) is 4.22.